The molecule has 0 unspecified atom stereocenters. The second-order valence-corrected chi connectivity index (χ2v) is 5.85. The van der Waals surface area contributed by atoms with Gasteiger partial charge in [0.2, 0.25) is 5.91 Å². The van der Waals surface area contributed by atoms with Crippen molar-refractivity contribution in [2.75, 3.05) is 33.9 Å². The van der Waals surface area contributed by atoms with Crippen LogP contribution in [0.5, 0.6) is 0 Å². The molecule has 1 aromatic rings. The van der Waals surface area contributed by atoms with Crippen LogP contribution in [0.15, 0.2) is 24.3 Å². The predicted molar refractivity (Wildman–Crippen MR) is 92.7 cm³/mol. The van der Waals surface area contributed by atoms with Crippen LogP contribution in [-0.2, 0) is 27.4 Å². The molecule has 1 heterocycles. The summed E-state index contributed by atoms with van der Waals surface area (Å²) in [5.41, 5.74) is 1.80. The van der Waals surface area contributed by atoms with Crippen LogP contribution in [0.4, 0.5) is 0 Å². The highest BCUT2D eigenvalue weighted by molar-refractivity contribution is 5.85. The summed E-state index contributed by atoms with van der Waals surface area (Å²) in [7, 11) is 3.34. The molecular formula is C17H27ClN2O3. The van der Waals surface area contributed by atoms with Crippen molar-refractivity contribution in [2.45, 2.75) is 26.0 Å². The molecule has 2 N–H and O–H groups in total. The number of piperidine rings is 1. The van der Waals surface area contributed by atoms with Gasteiger partial charge in [0.1, 0.15) is 0 Å². The van der Waals surface area contributed by atoms with Gasteiger partial charge in [-0.05, 0) is 37.1 Å². The summed E-state index contributed by atoms with van der Waals surface area (Å²) in [5.74, 6) is 0.0862. The topological polar surface area (TPSA) is 59.6 Å². The summed E-state index contributed by atoms with van der Waals surface area (Å²) in [4.78, 5) is 12.7. The molecular weight excluding hydrogens is 316 g/mol. The van der Waals surface area contributed by atoms with E-state index in [1.165, 1.54) is 0 Å². The zero-order chi connectivity index (χ0) is 15.8. The fraction of sp³-hybridized carbons (Fsp3) is 0.588. The second kappa shape index (κ2) is 9.88. The molecule has 6 heteroatoms. The molecule has 0 spiro atoms. The van der Waals surface area contributed by atoms with Gasteiger partial charge in [0.15, 0.2) is 0 Å². The number of halogens is 1. The highest BCUT2D eigenvalue weighted by Gasteiger charge is 2.39. The molecule has 0 atom stereocenters. The van der Waals surface area contributed by atoms with Crippen LogP contribution in [0.3, 0.4) is 0 Å². The average Bonchev–Trinajstić information content (AvgIpc) is 2.55. The molecule has 1 aromatic carbocycles. The van der Waals surface area contributed by atoms with Gasteiger partial charge in [0.25, 0.3) is 0 Å². The summed E-state index contributed by atoms with van der Waals surface area (Å²) in [6, 6.07) is 8.02. The molecule has 0 aliphatic carbocycles. The lowest BCUT2D eigenvalue weighted by atomic mass is 9.78. The number of nitrogens with one attached hydrogen (secondary N) is 2. The summed E-state index contributed by atoms with van der Waals surface area (Å²) < 4.78 is 10.5. The highest BCUT2D eigenvalue weighted by atomic mass is 35.5. The number of benzene rings is 1. The third-order valence-corrected chi connectivity index (χ3v) is 4.32. The maximum Gasteiger partial charge on any atom is 0.228 e. The Hall–Kier alpha value is -1.14. The van der Waals surface area contributed by atoms with Crippen LogP contribution >= 0.6 is 12.4 Å². The normalized spacial score (nSPS) is 16.4. The summed E-state index contributed by atoms with van der Waals surface area (Å²) >= 11 is 0. The molecule has 0 aromatic heterocycles. The van der Waals surface area contributed by atoms with Crippen molar-refractivity contribution >= 4 is 18.3 Å². The fourth-order valence-corrected chi connectivity index (χ4v) is 3.01. The Kier molecular flexibility index (Phi) is 8.55. The molecule has 1 aliphatic heterocycles. The third-order valence-electron chi connectivity index (χ3n) is 4.32. The van der Waals surface area contributed by atoms with Crippen molar-refractivity contribution in [3.63, 3.8) is 0 Å². The number of hydrogen-bond acceptors (Lipinski definition) is 4. The molecule has 2 rings (SSSR count). The second-order valence-electron chi connectivity index (χ2n) is 5.85. The molecule has 1 fully saturated rings. The Balaban J connectivity index is 0.00000264. The quantitative estimate of drug-likeness (QED) is 0.794. The summed E-state index contributed by atoms with van der Waals surface area (Å²) in [5, 5.41) is 6.39. The lowest BCUT2D eigenvalue weighted by molar-refractivity contribution is -0.136. The van der Waals surface area contributed by atoms with E-state index in [9.17, 15) is 4.79 Å². The highest BCUT2D eigenvalue weighted by Crippen LogP contribution is 2.29. The van der Waals surface area contributed by atoms with Crippen LogP contribution in [0.2, 0.25) is 0 Å². The van der Waals surface area contributed by atoms with E-state index < -0.39 is 5.41 Å². The Morgan fingerprint density at radius 3 is 2.43 bits per heavy atom. The number of amides is 1. The van der Waals surface area contributed by atoms with Gasteiger partial charge in [-0.15, -0.1) is 12.4 Å². The average molecular weight is 343 g/mol. The minimum atomic E-state index is -0.407. The SMILES string of the molecule is COCc1ccccc1CNC(=O)C1(COC)CCNCC1.Cl. The van der Waals surface area contributed by atoms with Crippen molar-refractivity contribution in [3.05, 3.63) is 35.4 Å². The molecule has 1 aliphatic rings. The van der Waals surface area contributed by atoms with Gasteiger partial charge in [-0.2, -0.15) is 0 Å². The Bertz CT molecular complexity index is 485. The van der Waals surface area contributed by atoms with Gasteiger partial charge in [0.05, 0.1) is 18.6 Å². The van der Waals surface area contributed by atoms with Crippen LogP contribution in [0.25, 0.3) is 0 Å². The van der Waals surface area contributed by atoms with Crippen molar-refractivity contribution < 1.29 is 14.3 Å². The lowest BCUT2D eigenvalue weighted by Crippen LogP contribution is -2.50. The molecule has 130 valence electrons. The van der Waals surface area contributed by atoms with E-state index in [0.29, 0.717) is 19.8 Å². The van der Waals surface area contributed by atoms with Crippen LogP contribution < -0.4 is 10.6 Å². The van der Waals surface area contributed by atoms with Gasteiger partial charge in [-0.25, -0.2) is 0 Å². The maximum atomic E-state index is 12.7. The predicted octanol–water partition coefficient (Wildman–Crippen LogP) is 1.89. The summed E-state index contributed by atoms with van der Waals surface area (Å²) in [6.45, 7) is 3.27. The van der Waals surface area contributed by atoms with Crippen molar-refractivity contribution in [1.29, 1.82) is 0 Å². The van der Waals surface area contributed by atoms with E-state index in [4.69, 9.17) is 9.47 Å². The standard InChI is InChI=1S/C17H26N2O3.ClH/c1-21-12-15-6-4-3-5-14(15)11-19-16(20)17(13-22-2)7-9-18-10-8-17;/h3-6,18H,7-13H2,1-2H3,(H,19,20);1H. The molecule has 1 saturated heterocycles. The minimum absolute atomic E-state index is 0. The van der Waals surface area contributed by atoms with Crippen molar-refractivity contribution in [1.82, 2.24) is 10.6 Å². The minimum Gasteiger partial charge on any atom is -0.384 e. The van der Waals surface area contributed by atoms with E-state index in [0.717, 1.165) is 37.1 Å². The summed E-state index contributed by atoms with van der Waals surface area (Å²) in [6.07, 6.45) is 1.62. The Morgan fingerprint density at radius 2 is 1.83 bits per heavy atom. The third kappa shape index (κ3) is 5.18. The van der Waals surface area contributed by atoms with Gasteiger partial charge in [-0.1, -0.05) is 24.3 Å². The van der Waals surface area contributed by atoms with Crippen LogP contribution in [-0.4, -0.2) is 39.8 Å². The largest absolute Gasteiger partial charge is 0.384 e. The molecule has 0 radical (unpaired) electrons. The van der Waals surface area contributed by atoms with E-state index in [-0.39, 0.29) is 18.3 Å². The van der Waals surface area contributed by atoms with E-state index in [1.54, 1.807) is 14.2 Å². The number of rotatable bonds is 7. The number of ether oxygens (including phenoxy) is 2. The molecule has 0 bridgehead atoms. The van der Waals surface area contributed by atoms with Gasteiger partial charge < -0.3 is 20.1 Å². The van der Waals surface area contributed by atoms with E-state index in [1.807, 2.05) is 24.3 Å². The number of methoxy groups -OCH3 is 2. The zero-order valence-electron chi connectivity index (χ0n) is 13.9. The fourth-order valence-electron chi connectivity index (χ4n) is 3.01. The first-order chi connectivity index (χ1) is 10.7. The molecule has 0 saturated carbocycles. The number of carbonyl (C=O) groups is 1. The first kappa shape index (κ1) is 19.9. The van der Waals surface area contributed by atoms with Crippen molar-refractivity contribution in [3.8, 4) is 0 Å². The first-order valence-electron chi connectivity index (χ1n) is 7.75. The van der Waals surface area contributed by atoms with Gasteiger partial charge in [-0.3, -0.25) is 4.79 Å². The van der Waals surface area contributed by atoms with Crippen molar-refractivity contribution in [2.24, 2.45) is 5.41 Å². The number of carbonyl (C=O) groups excluding carboxylic acids is 1. The van der Waals surface area contributed by atoms with Crippen LogP contribution in [0.1, 0.15) is 24.0 Å². The monoisotopic (exact) mass is 342 g/mol. The van der Waals surface area contributed by atoms with Crippen LogP contribution in [0, 0.1) is 5.41 Å². The molecule has 23 heavy (non-hydrogen) atoms. The lowest BCUT2D eigenvalue weighted by Gasteiger charge is -2.35. The van der Waals surface area contributed by atoms with E-state index in [2.05, 4.69) is 10.6 Å². The van der Waals surface area contributed by atoms with E-state index >= 15 is 0 Å². The smallest absolute Gasteiger partial charge is 0.228 e. The zero-order valence-corrected chi connectivity index (χ0v) is 14.7. The number of hydrogen-bond donors (Lipinski definition) is 2. The molecule has 5 nitrogen and oxygen atoms in total. The van der Waals surface area contributed by atoms with Gasteiger partial charge in [0, 0.05) is 20.8 Å². The molecule has 1 amide bonds. The van der Waals surface area contributed by atoms with Gasteiger partial charge >= 0.3 is 0 Å². The maximum absolute atomic E-state index is 12.7. The first-order valence-corrected chi connectivity index (χ1v) is 7.75. The Morgan fingerprint density at radius 1 is 1.17 bits per heavy atom. The Labute approximate surface area is 144 Å².